The van der Waals surface area contributed by atoms with Crippen molar-refractivity contribution < 1.29 is 26.0 Å². The fourth-order valence-corrected chi connectivity index (χ4v) is 5.74. The van der Waals surface area contributed by atoms with Crippen LogP contribution in [0.15, 0.2) is 53.4 Å². The molecule has 1 heterocycles. The van der Waals surface area contributed by atoms with Gasteiger partial charge in [0.05, 0.1) is 10.6 Å². The van der Waals surface area contributed by atoms with E-state index in [0.29, 0.717) is 18.5 Å². The van der Waals surface area contributed by atoms with E-state index in [1.807, 2.05) is 0 Å². The summed E-state index contributed by atoms with van der Waals surface area (Å²) in [6.45, 7) is 1.20. The Bertz CT molecular complexity index is 1190. The Kier molecular flexibility index (Phi) is 8.05. The Hall–Kier alpha value is -2.54. The fraction of sp³-hybridized carbons (Fsp3) is 0.381. The maximum Gasteiger partial charge on any atom is 0.317 e. The maximum absolute atomic E-state index is 13.1. The van der Waals surface area contributed by atoms with Crippen LogP contribution in [0.4, 0.5) is 9.18 Å². The Morgan fingerprint density at radius 2 is 1.67 bits per heavy atom. The van der Waals surface area contributed by atoms with Crippen LogP contribution in [-0.2, 0) is 32.3 Å². The molecule has 0 radical (unpaired) electrons. The molecule has 1 aliphatic rings. The van der Waals surface area contributed by atoms with Gasteiger partial charge in [-0.05, 0) is 48.9 Å². The van der Waals surface area contributed by atoms with Crippen molar-refractivity contribution in [1.82, 2.24) is 19.2 Å². The van der Waals surface area contributed by atoms with Gasteiger partial charge >= 0.3 is 6.03 Å². The Balaban J connectivity index is 1.57. The summed E-state index contributed by atoms with van der Waals surface area (Å²) >= 11 is 0. The predicted octanol–water partition coefficient (Wildman–Crippen LogP) is 1.48. The molecule has 0 aliphatic carbocycles. The molecule has 0 saturated carbocycles. The van der Waals surface area contributed by atoms with Crippen LogP contribution in [0.5, 0.6) is 0 Å². The lowest BCUT2D eigenvalue weighted by Gasteiger charge is -2.22. The van der Waals surface area contributed by atoms with Gasteiger partial charge in [-0.15, -0.1) is 0 Å². The zero-order chi connectivity index (χ0) is 24.1. The molecular formula is C21H27FN4O5S2. The molecular weight excluding hydrogens is 471 g/mol. The highest BCUT2D eigenvalue weighted by Gasteiger charge is 2.28. The molecule has 0 spiro atoms. The van der Waals surface area contributed by atoms with Gasteiger partial charge in [-0.3, -0.25) is 0 Å². The summed E-state index contributed by atoms with van der Waals surface area (Å²) in [7, 11) is -5.82. The molecule has 1 saturated heterocycles. The van der Waals surface area contributed by atoms with Crippen molar-refractivity contribution in [3.8, 4) is 0 Å². The van der Waals surface area contributed by atoms with Crippen LogP contribution in [0.2, 0.25) is 0 Å². The van der Waals surface area contributed by atoms with Gasteiger partial charge in [-0.1, -0.05) is 24.3 Å². The minimum absolute atomic E-state index is 0.0157. The van der Waals surface area contributed by atoms with Gasteiger partial charge in [-0.25, -0.2) is 30.7 Å². The van der Waals surface area contributed by atoms with E-state index in [1.54, 1.807) is 29.2 Å². The number of rotatable bonds is 7. The van der Waals surface area contributed by atoms with Crippen molar-refractivity contribution >= 4 is 26.1 Å². The third kappa shape index (κ3) is 6.73. The fourth-order valence-electron chi connectivity index (χ4n) is 3.50. The van der Waals surface area contributed by atoms with E-state index >= 15 is 0 Å². The van der Waals surface area contributed by atoms with Crippen molar-refractivity contribution in [2.75, 3.05) is 33.2 Å². The second kappa shape index (κ2) is 10.6. The summed E-state index contributed by atoms with van der Waals surface area (Å²) < 4.78 is 65.8. The lowest BCUT2D eigenvalue weighted by atomic mass is 10.1. The Morgan fingerprint density at radius 1 is 0.970 bits per heavy atom. The monoisotopic (exact) mass is 498 g/mol. The van der Waals surface area contributed by atoms with Crippen LogP contribution in [0.3, 0.4) is 0 Å². The third-order valence-electron chi connectivity index (χ3n) is 5.30. The molecule has 0 aromatic heterocycles. The van der Waals surface area contributed by atoms with E-state index < -0.39 is 25.9 Å². The first-order valence-corrected chi connectivity index (χ1v) is 13.5. The van der Waals surface area contributed by atoms with Crippen molar-refractivity contribution in [3.63, 3.8) is 0 Å². The number of nitrogens with zero attached hydrogens (tertiary/aromatic N) is 2. The molecule has 180 valence electrons. The summed E-state index contributed by atoms with van der Waals surface area (Å²) in [5.41, 5.74) is 1.36. The van der Waals surface area contributed by atoms with Gasteiger partial charge in [0, 0.05) is 32.7 Å². The predicted molar refractivity (Wildman–Crippen MR) is 122 cm³/mol. The normalized spacial score (nSPS) is 15.8. The Labute approximate surface area is 193 Å². The highest BCUT2D eigenvalue weighted by Crippen LogP contribution is 2.18. The number of carbonyl (C=O) groups excluding carboxylic acids is 1. The maximum atomic E-state index is 13.1. The summed E-state index contributed by atoms with van der Waals surface area (Å²) in [5, 5.41) is 2.80. The number of carbonyl (C=O) groups is 1. The number of hydrogen-bond donors (Lipinski definition) is 2. The number of benzene rings is 2. The molecule has 1 aliphatic heterocycles. The van der Waals surface area contributed by atoms with Gasteiger partial charge in [0.2, 0.25) is 20.0 Å². The molecule has 0 atom stereocenters. The zero-order valence-electron chi connectivity index (χ0n) is 18.2. The van der Waals surface area contributed by atoms with E-state index in [4.69, 9.17) is 0 Å². The molecule has 2 N–H and O–H groups in total. The molecule has 3 rings (SSSR count). The number of halogens is 1. The van der Waals surface area contributed by atoms with E-state index in [0.717, 1.165) is 17.7 Å². The number of amides is 2. The topological polar surface area (TPSA) is 116 Å². The van der Waals surface area contributed by atoms with Gasteiger partial charge in [0.1, 0.15) is 5.82 Å². The van der Waals surface area contributed by atoms with Crippen LogP contribution < -0.4 is 10.0 Å². The summed E-state index contributed by atoms with van der Waals surface area (Å²) in [6, 6.07) is 11.3. The van der Waals surface area contributed by atoms with Crippen molar-refractivity contribution in [1.29, 1.82) is 0 Å². The van der Waals surface area contributed by atoms with Crippen LogP contribution in [0.1, 0.15) is 17.5 Å². The van der Waals surface area contributed by atoms with E-state index in [-0.39, 0.29) is 42.9 Å². The summed E-state index contributed by atoms with van der Waals surface area (Å²) in [6.07, 6.45) is 0.463. The van der Waals surface area contributed by atoms with Crippen LogP contribution >= 0.6 is 0 Å². The molecule has 2 amide bonds. The number of urea groups is 1. The zero-order valence-corrected chi connectivity index (χ0v) is 19.8. The van der Waals surface area contributed by atoms with Crippen LogP contribution in [0, 0.1) is 5.82 Å². The standard InChI is InChI=1S/C21H27FN4O5S2/c1-23-32(28,29)16-18-5-2-4-17(14-18)15-24-21(27)25-10-3-11-26(13-12-25)33(30,31)20-8-6-19(22)7-9-20/h2,4-9,14,23H,3,10-13,15-16H2,1H3,(H,24,27). The first kappa shape index (κ1) is 25.1. The number of sulfonamides is 2. The lowest BCUT2D eigenvalue weighted by Crippen LogP contribution is -2.42. The molecule has 0 bridgehead atoms. The minimum atomic E-state index is -3.77. The number of hydrogen-bond acceptors (Lipinski definition) is 5. The molecule has 2 aromatic rings. The second-order valence-electron chi connectivity index (χ2n) is 7.64. The second-order valence-corrected chi connectivity index (χ2v) is 11.5. The van der Waals surface area contributed by atoms with E-state index in [2.05, 4.69) is 10.0 Å². The van der Waals surface area contributed by atoms with E-state index in [1.165, 1.54) is 23.5 Å². The molecule has 2 aromatic carbocycles. The highest BCUT2D eigenvalue weighted by molar-refractivity contribution is 7.89. The van der Waals surface area contributed by atoms with Crippen LogP contribution in [0.25, 0.3) is 0 Å². The summed E-state index contributed by atoms with van der Waals surface area (Å²) in [4.78, 5) is 14.2. The van der Waals surface area contributed by atoms with Crippen LogP contribution in [-0.4, -0.2) is 65.3 Å². The third-order valence-corrected chi connectivity index (χ3v) is 8.54. The Morgan fingerprint density at radius 3 is 2.36 bits per heavy atom. The largest absolute Gasteiger partial charge is 0.334 e. The first-order chi connectivity index (χ1) is 15.6. The quantitative estimate of drug-likeness (QED) is 0.600. The van der Waals surface area contributed by atoms with Gasteiger partial charge in [0.15, 0.2) is 0 Å². The number of nitrogens with one attached hydrogen (secondary N) is 2. The van der Waals surface area contributed by atoms with Crippen molar-refractivity contribution in [2.24, 2.45) is 0 Å². The van der Waals surface area contributed by atoms with Crippen molar-refractivity contribution in [3.05, 3.63) is 65.5 Å². The molecule has 1 fully saturated rings. The van der Waals surface area contributed by atoms with Gasteiger partial charge < -0.3 is 10.2 Å². The van der Waals surface area contributed by atoms with Crippen molar-refractivity contribution in [2.45, 2.75) is 23.6 Å². The smallest absolute Gasteiger partial charge is 0.317 e. The molecule has 12 heteroatoms. The lowest BCUT2D eigenvalue weighted by molar-refractivity contribution is 0.200. The summed E-state index contributed by atoms with van der Waals surface area (Å²) in [5.74, 6) is -0.669. The average molecular weight is 499 g/mol. The SMILES string of the molecule is CNS(=O)(=O)Cc1cccc(CNC(=O)N2CCCN(S(=O)(=O)c3ccc(F)cc3)CC2)c1. The minimum Gasteiger partial charge on any atom is -0.334 e. The molecule has 9 nitrogen and oxygen atoms in total. The molecule has 33 heavy (non-hydrogen) atoms. The highest BCUT2D eigenvalue weighted by atomic mass is 32.2. The molecule has 0 unspecified atom stereocenters. The first-order valence-electron chi connectivity index (χ1n) is 10.4. The van der Waals surface area contributed by atoms with Gasteiger partial charge in [-0.2, -0.15) is 4.31 Å². The average Bonchev–Trinajstić information content (AvgIpc) is 3.05. The van der Waals surface area contributed by atoms with E-state index in [9.17, 15) is 26.0 Å². The van der Waals surface area contributed by atoms with Gasteiger partial charge in [0.25, 0.3) is 0 Å².